The quantitative estimate of drug-likeness (QED) is 0.245. The van der Waals surface area contributed by atoms with Crippen LogP contribution in [0, 0.1) is 0 Å². The van der Waals surface area contributed by atoms with Gasteiger partial charge in [-0.1, -0.05) is 41.7 Å². The summed E-state index contributed by atoms with van der Waals surface area (Å²) in [5.41, 5.74) is 3.49. The van der Waals surface area contributed by atoms with Crippen molar-refractivity contribution in [2.45, 2.75) is 18.5 Å². The van der Waals surface area contributed by atoms with Crippen LogP contribution in [0.3, 0.4) is 0 Å². The Kier molecular flexibility index (Phi) is 6.95. The first kappa shape index (κ1) is 25.0. The molecule has 1 fully saturated rings. The molecule has 39 heavy (non-hydrogen) atoms. The van der Waals surface area contributed by atoms with Gasteiger partial charge in [-0.3, -0.25) is 14.3 Å². The summed E-state index contributed by atoms with van der Waals surface area (Å²) in [6.07, 6.45) is 4.05. The van der Waals surface area contributed by atoms with Crippen LogP contribution in [0.1, 0.15) is 29.9 Å². The van der Waals surface area contributed by atoms with Crippen molar-refractivity contribution >= 4 is 50.5 Å². The molecule has 1 aliphatic rings. The van der Waals surface area contributed by atoms with Crippen molar-refractivity contribution in [3.8, 4) is 10.9 Å². The number of nitrogens with one attached hydrogen (secondary N) is 2. The maximum absolute atomic E-state index is 13.0. The van der Waals surface area contributed by atoms with E-state index in [2.05, 4.69) is 37.2 Å². The van der Waals surface area contributed by atoms with E-state index in [1.54, 1.807) is 24.6 Å². The Morgan fingerprint density at radius 1 is 1.08 bits per heavy atom. The topological polar surface area (TPSA) is 84.3 Å². The predicted octanol–water partition coefficient (Wildman–Crippen LogP) is 5.49. The number of carbonyl (C=O) groups is 1. The SMILES string of the molecule is COc1ccccc1NC(=O)CCN1C(=S)N[C@@H](c2ccccn2)[C@@H]1c1cccn1-c1nc2ccccc2s1. The molecule has 0 unspecified atom stereocenters. The van der Waals surface area contributed by atoms with Crippen LogP contribution >= 0.6 is 23.6 Å². The summed E-state index contributed by atoms with van der Waals surface area (Å²) in [7, 11) is 1.59. The van der Waals surface area contributed by atoms with Crippen LogP contribution in [0.2, 0.25) is 0 Å². The number of thiazole rings is 1. The van der Waals surface area contributed by atoms with E-state index in [1.165, 1.54) is 0 Å². The first-order valence-electron chi connectivity index (χ1n) is 12.6. The molecule has 1 aliphatic heterocycles. The fraction of sp³-hybridized carbons (Fsp3) is 0.172. The third-order valence-electron chi connectivity index (χ3n) is 6.73. The lowest BCUT2D eigenvalue weighted by molar-refractivity contribution is -0.116. The van der Waals surface area contributed by atoms with Gasteiger partial charge in [0.05, 0.1) is 46.5 Å². The number of amides is 1. The number of pyridine rings is 1. The molecule has 0 spiro atoms. The number of fused-ring (bicyclic) bond motifs is 1. The highest BCUT2D eigenvalue weighted by molar-refractivity contribution is 7.80. The fourth-order valence-corrected chi connectivity index (χ4v) is 6.22. The Labute approximate surface area is 235 Å². The van der Waals surface area contributed by atoms with Gasteiger partial charge in [0.2, 0.25) is 5.91 Å². The summed E-state index contributed by atoms with van der Waals surface area (Å²) < 4.78 is 8.61. The van der Waals surface area contributed by atoms with E-state index in [9.17, 15) is 4.79 Å². The fourth-order valence-electron chi connectivity index (χ4n) is 4.92. The molecule has 10 heteroatoms. The molecule has 3 aromatic heterocycles. The van der Waals surface area contributed by atoms with Gasteiger partial charge >= 0.3 is 0 Å². The van der Waals surface area contributed by atoms with E-state index in [1.807, 2.05) is 72.9 Å². The second-order valence-corrected chi connectivity index (χ2v) is 10.5. The van der Waals surface area contributed by atoms with Crippen molar-refractivity contribution in [3.63, 3.8) is 0 Å². The van der Waals surface area contributed by atoms with Gasteiger partial charge in [0, 0.05) is 25.4 Å². The zero-order valence-corrected chi connectivity index (χ0v) is 22.8. The smallest absolute Gasteiger partial charge is 0.226 e. The van der Waals surface area contributed by atoms with Crippen LogP contribution in [0.15, 0.2) is 91.3 Å². The van der Waals surface area contributed by atoms with E-state index in [0.717, 1.165) is 26.7 Å². The number of para-hydroxylation sites is 3. The van der Waals surface area contributed by atoms with Gasteiger partial charge in [-0.15, -0.1) is 0 Å². The van der Waals surface area contributed by atoms with Crippen LogP contribution < -0.4 is 15.4 Å². The highest BCUT2D eigenvalue weighted by Crippen LogP contribution is 2.40. The molecule has 0 saturated carbocycles. The number of benzene rings is 2. The molecular weight excluding hydrogens is 528 g/mol. The predicted molar refractivity (Wildman–Crippen MR) is 157 cm³/mol. The lowest BCUT2D eigenvalue weighted by Crippen LogP contribution is -2.33. The molecule has 2 N–H and O–H groups in total. The molecule has 0 bridgehead atoms. The van der Waals surface area contributed by atoms with Gasteiger partial charge < -0.3 is 20.3 Å². The van der Waals surface area contributed by atoms with Gasteiger partial charge in [-0.2, -0.15) is 0 Å². The summed E-state index contributed by atoms with van der Waals surface area (Å²) in [4.78, 5) is 24.6. The molecule has 5 aromatic rings. The number of hydrogen-bond acceptors (Lipinski definition) is 6. The number of methoxy groups -OCH3 is 1. The summed E-state index contributed by atoms with van der Waals surface area (Å²) in [5.74, 6) is 0.495. The van der Waals surface area contributed by atoms with Crippen LogP contribution in [0.4, 0.5) is 5.69 Å². The highest BCUT2D eigenvalue weighted by atomic mass is 32.1. The monoisotopic (exact) mass is 554 g/mol. The van der Waals surface area contributed by atoms with E-state index in [-0.39, 0.29) is 24.4 Å². The van der Waals surface area contributed by atoms with Gasteiger partial charge in [0.1, 0.15) is 5.75 Å². The Balaban J connectivity index is 1.31. The minimum atomic E-state index is -0.200. The van der Waals surface area contributed by atoms with E-state index in [4.69, 9.17) is 21.9 Å². The average molecular weight is 555 g/mol. The molecule has 2 atom stereocenters. The minimum Gasteiger partial charge on any atom is -0.495 e. The van der Waals surface area contributed by atoms with Crippen molar-refractivity contribution in [1.29, 1.82) is 0 Å². The number of nitrogens with zero attached hydrogens (tertiary/aromatic N) is 4. The first-order chi connectivity index (χ1) is 19.1. The molecule has 4 heterocycles. The zero-order chi connectivity index (χ0) is 26.8. The van der Waals surface area contributed by atoms with Crippen molar-refractivity contribution in [2.24, 2.45) is 0 Å². The summed E-state index contributed by atoms with van der Waals surface area (Å²) in [5, 5.41) is 7.89. The third kappa shape index (κ3) is 4.96. The molecule has 0 aliphatic carbocycles. The maximum atomic E-state index is 13.0. The van der Waals surface area contributed by atoms with Gasteiger partial charge in [-0.25, -0.2) is 4.98 Å². The maximum Gasteiger partial charge on any atom is 0.226 e. The summed E-state index contributed by atoms with van der Waals surface area (Å²) in [6, 6.07) is 25.1. The second-order valence-electron chi connectivity index (χ2n) is 9.09. The van der Waals surface area contributed by atoms with Crippen LogP contribution in [-0.2, 0) is 4.79 Å². The van der Waals surface area contributed by atoms with Crippen molar-refractivity contribution in [1.82, 2.24) is 24.8 Å². The normalized spacial score (nSPS) is 16.8. The number of thiocarbonyl (C=S) groups is 1. The lowest BCUT2D eigenvalue weighted by Gasteiger charge is -2.28. The van der Waals surface area contributed by atoms with Gasteiger partial charge in [0.15, 0.2) is 10.2 Å². The Morgan fingerprint density at radius 2 is 1.90 bits per heavy atom. The molecule has 8 nitrogen and oxygen atoms in total. The highest BCUT2D eigenvalue weighted by Gasteiger charge is 2.41. The van der Waals surface area contributed by atoms with Crippen LogP contribution in [-0.4, -0.2) is 44.1 Å². The van der Waals surface area contributed by atoms with Crippen LogP contribution in [0.5, 0.6) is 5.75 Å². The Bertz CT molecular complexity index is 1600. The first-order valence-corrected chi connectivity index (χ1v) is 13.8. The van der Waals surface area contributed by atoms with E-state index in [0.29, 0.717) is 23.1 Å². The largest absolute Gasteiger partial charge is 0.495 e. The van der Waals surface area contributed by atoms with Crippen molar-refractivity contribution < 1.29 is 9.53 Å². The lowest BCUT2D eigenvalue weighted by atomic mass is 10.0. The van der Waals surface area contributed by atoms with Crippen molar-refractivity contribution in [3.05, 3.63) is 103 Å². The summed E-state index contributed by atoms with van der Waals surface area (Å²) in [6.45, 7) is 0.422. The zero-order valence-electron chi connectivity index (χ0n) is 21.2. The molecule has 2 aromatic carbocycles. The number of rotatable bonds is 8. The number of aromatic nitrogens is 3. The third-order valence-corrected chi connectivity index (χ3v) is 8.12. The van der Waals surface area contributed by atoms with Crippen molar-refractivity contribution in [2.75, 3.05) is 19.0 Å². The van der Waals surface area contributed by atoms with E-state index < -0.39 is 0 Å². The Morgan fingerprint density at radius 3 is 2.72 bits per heavy atom. The minimum absolute atomic E-state index is 0.121. The number of hydrogen-bond donors (Lipinski definition) is 2. The van der Waals surface area contributed by atoms with Crippen LogP contribution in [0.25, 0.3) is 15.3 Å². The molecule has 196 valence electrons. The Hall–Kier alpha value is -4.28. The van der Waals surface area contributed by atoms with Gasteiger partial charge in [0.25, 0.3) is 0 Å². The van der Waals surface area contributed by atoms with Gasteiger partial charge in [-0.05, 0) is 60.7 Å². The second kappa shape index (κ2) is 10.8. The number of ether oxygens (including phenoxy) is 1. The standard InChI is InChI=1S/C29H26N6O2S2/c1-37-23-13-4-2-9-19(23)31-25(36)15-18-35-27(26(33-28(35)38)21-11-6-7-16-30-21)22-12-8-17-34(22)29-32-20-10-3-5-14-24(20)39-29/h2-14,16-17,26-27H,15,18H2,1H3,(H,31,36)(H,33,38)/t26-,27-/m0/s1. The van der Waals surface area contributed by atoms with E-state index >= 15 is 0 Å². The molecule has 6 rings (SSSR count). The molecule has 1 saturated heterocycles. The number of anilines is 1. The summed E-state index contributed by atoms with van der Waals surface area (Å²) >= 11 is 7.45. The average Bonchev–Trinajstić information content (AvgIpc) is 3.69. The molecule has 0 radical (unpaired) electrons. The molecule has 1 amide bonds. The molecular formula is C29H26N6O2S2. The number of carbonyl (C=O) groups excluding carboxylic acids is 1.